The number of rotatable bonds is 4. The number of benzene rings is 2. The molecule has 5 nitrogen and oxygen atoms in total. The number of carbonyl (C=O) groups excluding carboxylic acids is 2. The molecule has 0 spiro atoms. The van der Waals surface area contributed by atoms with Crippen LogP contribution in [0.4, 0.5) is 4.79 Å². The Kier molecular flexibility index (Phi) is 5.54. The van der Waals surface area contributed by atoms with Crippen LogP contribution in [-0.2, 0) is 13.0 Å². The number of aryl methyl sites for hydroxylation is 1. The lowest BCUT2D eigenvalue weighted by molar-refractivity contribution is 0.0936. The molecule has 0 aliphatic heterocycles. The van der Waals surface area contributed by atoms with Crippen molar-refractivity contribution in [2.75, 3.05) is 0 Å². The molecule has 0 atom stereocenters. The van der Waals surface area contributed by atoms with E-state index in [0.717, 1.165) is 17.5 Å². The highest BCUT2D eigenvalue weighted by atomic mass is 16.2. The summed E-state index contributed by atoms with van der Waals surface area (Å²) < 4.78 is 0. The van der Waals surface area contributed by atoms with Gasteiger partial charge in [-0.05, 0) is 29.7 Å². The Labute approximate surface area is 129 Å². The number of nitrogens with one attached hydrogen (secondary N) is 3. The summed E-state index contributed by atoms with van der Waals surface area (Å²) in [4.78, 5) is 23.5. The van der Waals surface area contributed by atoms with Crippen LogP contribution in [0.25, 0.3) is 0 Å². The first-order valence-electron chi connectivity index (χ1n) is 7.16. The molecule has 3 N–H and O–H groups in total. The van der Waals surface area contributed by atoms with Gasteiger partial charge in [-0.2, -0.15) is 0 Å². The predicted molar refractivity (Wildman–Crippen MR) is 85.1 cm³/mol. The molecule has 0 saturated heterocycles. The van der Waals surface area contributed by atoms with Crippen molar-refractivity contribution in [3.8, 4) is 0 Å². The second-order valence-corrected chi connectivity index (χ2v) is 4.80. The monoisotopic (exact) mass is 297 g/mol. The molecule has 5 heteroatoms. The second-order valence-electron chi connectivity index (χ2n) is 4.80. The van der Waals surface area contributed by atoms with Gasteiger partial charge in [0.05, 0.1) is 0 Å². The summed E-state index contributed by atoms with van der Waals surface area (Å²) in [6, 6.07) is 16.3. The largest absolute Gasteiger partial charge is 0.333 e. The smallest absolute Gasteiger partial charge is 0.333 e. The first-order valence-corrected chi connectivity index (χ1v) is 7.16. The van der Waals surface area contributed by atoms with Crippen LogP contribution in [0.1, 0.15) is 28.4 Å². The normalized spacial score (nSPS) is 9.86. The minimum absolute atomic E-state index is 0.350. The van der Waals surface area contributed by atoms with Crippen molar-refractivity contribution >= 4 is 11.9 Å². The van der Waals surface area contributed by atoms with Gasteiger partial charge >= 0.3 is 6.03 Å². The van der Waals surface area contributed by atoms with E-state index in [1.165, 1.54) is 0 Å². The predicted octanol–water partition coefficient (Wildman–Crippen LogP) is 2.39. The van der Waals surface area contributed by atoms with E-state index in [0.29, 0.717) is 12.1 Å². The molecule has 0 heterocycles. The third kappa shape index (κ3) is 4.63. The molecule has 22 heavy (non-hydrogen) atoms. The van der Waals surface area contributed by atoms with E-state index in [-0.39, 0.29) is 5.91 Å². The number of hydrogen-bond acceptors (Lipinski definition) is 2. The number of carbonyl (C=O) groups is 2. The molecule has 2 aromatic carbocycles. The van der Waals surface area contributed by atoms with Gasteiger partial charge in [-0.1, -0.05) is 49.4 Å². The maximum atomic E-state index is 11.9. The molecule has 114 valence electrons. The molecule has 0 radical (unpaired) electrons. The first-order chi connectivity index (χ1) is 10.7. The zero-order valence-electron chi connectivity index (χ0n) is 12.4. The van der Waals surface area contributed by atoms with Gasteiger partial charge in [-0.25, -0.2) is 10.2 Å². The third-order valence-corrected chi connectivity index (χ3v) is 3.21. The van der Waals surface area contributed by atoms with Gasteiger partial charge in [-0.3, -0.25) is 10.2 Å². The average molecular weight is 297 g/mol. The average Bonchev–Trinajstić information content (AvgIpc) is 2.58. The summed E-state index contributed by atoms with van der Waals surface area (Å²) in [5, 5.41) is 2.66. The molecule has 0 aliphatic carbocycles. The summed E-state index contributed by atoms with van der Waals surface area (Å²) in [6.45, 7) is 2.45. The molecular weight excluding hydrogens is 278 g/mol. The fraction of sp³-hybridized carbons (Fsp3) is 0.176. The molecule has 0 aromatic heterocycles. The first kappa shape index (κ1) is 15.6. The van der Waals surface area contributed by atoms with E-state index in [4.69, 9.17) is 0 Å². The van der Waals surface area contributed by atoms with Gasteiger partial charge in [0.1, 0.15) is 0 Å². The summed E-state index contributed by atoms with van der Waals surface area (Å²) >= 11 is 0. The van der Waals surface area contributed by atoms with Crippen LogP contribution >= 0.6 is 0 Å². The van der Waals surface area contributed by atoms with Crippen LogP contribution < -0.4 is 16.2 Å². The van der Waals surface area contributed by atoms with Gasteiger partial charge in [0, 0.05) is 12.1 Å². The van der Waals surface area contributed by atoms with Crippen molar-refractivity contribution < 1.29 is 9.59 Å². The number of amides is 3. The lowest BCUT2D eigenvalue weighted by Crippen LogP contribution is -2.46. The zero-order chi connectivity index (χ0) is 15.8. The Morgan fingerprint density at radius 2 is 1.55 bits per heavy atom. The van der Waals surface area contributed by atoms with Crippen LogP contribution in [0.5, 0.6) is 0 Å². The van der Waals surface area contributed by atoms with Gasteiger partial charge in [-0.15, -0.1) is 0 Å². The van der Waals surface area contributed by atoms with Gasteiger partial charge < -0.3 is 5.32 Å². The number of hydrogen-bond donors (Lipinski definition) is 3. The Bertz CT molecular complexity index is 624. The Balaban J connectivity index is 1.76. The van der Waals surface area contributed by atoms with Crippen molar-refractivity contribution in [1.82, 2.24) is 16.2 Å². The van der Waals surface area contributed by atoms with Crippen LogP contribution in [0, 0.1) is 0 Å². The van der Waals surface area contributed by atoms with Crippen molar-refractivity contribution in [3.63, 3.8) is 0 Å². The molecule has 0 aliphatic rings. The highest BCUT2D eigenvalue weighted by molar-refractivity contribution is 5.95. The third-order valence-electron chi connectivity index (χ3n) is 3.21. The maximum Gasteiger partial charge on any atom is 0.333 e. The molecule has 0 fully saturated rings. The lowest BCUT2D eigenvalue weighted by Gasteiger charge is -2.09. The fourth-order valence-electron chi connectivity index (χ4n) is 1.90. The Hall–Kier alpha value is -2.82. The standard InChI is InChI=1S/C17H19N3O2/c1-2-13-8-10-15(11-9-13)16(21)19-20-17(22)18-12-14-6-4-3-5-7-14/h3-11H,2,12H2,1H3,(H,19,21)(H2,18,20,22). The minimum Gasteiger partial charge on any atom is -0.333 e. The van der Waals surface area contributed by atoms with E-state index in [9.17, 15) is 9.59 Å². The summed E-state index contributed by atoms with van der Waals surface area (Å²) in [5.41, 5.74) is 7.35. The Morgan fingerprint density at radius 1 is 0.864 bits per heavy atom. The molecule has 0 saturated carbocycles. The topological polar surface area (TPSA) is 70.2 Å². The van der Waals surface area contributed by atoms with Crippen LogP contribution in [-0.4, -0.2) is 11.9 Å². The van der Waals surface area contributed by atoms with E-state index < -0.39 is 6.03 Å². The summed E-state index contributed by atoms with van der Waals surface area (Å²) in [7, 11) is 0. The summed E-state index contributed by atoms with van der Waals surface area (Å²) in [6.07, 6.45) is 0.919. The maximum absolute atomic E-state index is 11.9. The highest BCUT2D eigenvalue weighted by Crippen LogP contribution is 2.04. The van der Waals surface area contributed by atoms with Gasteiger partial charge in [0.15, 0.2) is 0 Å². The van der Waals surface area contributed by atoms with Crippen molar-refractivity contribution in [2.24, 2.45) is 0 Å². The van der Waals surface area contributed by atoms with Crippen molar-refractivity contribution in [2.45, 2.75) is 19.9 Å². The summed E-state index contributed by atoms with van der Waals surface area (Å²) in [5.74, 6) is -0.350. The quantitative estimate of drug-likeness (QED) is 0.758. The molecule has 2 rings (SSSR count). The Morgan fingerprint density at radius 3 is 2.18 bits per heavy atom. The van der Waals surface area contributed by atoms with Gasteiger partial charge in [0.2, 0.25) is 0 Å². The highest BCUT2D eigenvalue weighted by Gasteiger charge is 2.06. The second kappa shape index (κ2) is 7.83. The van der Waals surface area contributed by atoms with E-state index in [1.54, 1.807) is 12.1 Å². The van der Waals surface area contributed by atoms with Crippen LogP contribution in [0.3, 0.4) is 0 Å². The molecule has 0 bridgehead atoms. The number of hydrazine groups is 1. The minimum atomic E-state index is -0.456. The lowest BCUT2D eigenvalue weighted by atomic mass is 10.1. The van der Waals surface area contributed by atoms with Gasteiger partial charge in [0.25, 0.3) is 5.91 Å². The van der Waals surface area contributed by atoms with Crippen molar-refractivity contribution in [3.05, 3.63) is 71.3 Å². The molecular formula is C17H19N3O2. The van der Waals surface area contributed by atoms with E-state index >= 15 is 0 Å². The van der Waals surface area contributed by atoms with Crippen LogP contribution in [0.2, 0.25) is 0 Å². The van der Waals surface area contributed by atoms with E-state index in [1.807, 2.05) is 49.4 Å². The zero-order valence-corrected chi connectivity index (χ0v) is 12.4. The molecule has 0 unspecified atom stereocenters. The number of urea groups is 1. The molecule has 2 aromatic rings. The van der Waals surface area contributed by atoms with E-state index in [2.05, 4.69) is 16.2 Å². The van der Waals surface area contributed by atoms with Crippen molar-refractivity contribution in [1.29, 1.82) is 0 Å². The fourth-order valence-corrected chi connectivity index (χ4v) is 1.90. The van der Waals surface area contributed by atoms with Crippen LogP contribution in [0.15, 0.2) is 54.6 Å². The molecule has 3 amide bonds. The SMILES string of the molecule is CCc1ccc(C(=O)NNC(=O)NCc2ccccc2)cc1.